The summed E-state index contributed by atoms with van der Waals surface area (Å²) >= 11 is 6.26. The fourth-order valence-electron chi connectivity index (χ4n) is 6.71. The number of hydrogen-bond donors (Lipinski definition) is 1. The Morgan fingerprint density at radius 3 is 2.10 bits per heavy atom. The Morgan fingerprint density at radius 2 is 1.54 bits per heavy atom. The van der Waals surface area contributed by atoms with Gasteiger partial charge >= 0.3 is 0 Å². The van der Waals surface area contributed by atoms with E-state index in [1.54, 1.807) is 18.0 Å². The van der Waals surface area contributed by atoms with Crippen LogP contribution in [0, 0.1) is 0 Å². The van der Waals surface area contributed by atoms with Gasteiger partial charge in [-0.3, -0.25) is 4.57 Å². The summed E-state index contributed by atoms with van der Waals surface area (Å²) in [7, 11) is -0.910. The van der Waals surface area contributed by atoms with Gasteiger partial charge in [0.25, 0.3) is 0 Å². The van der Waals surface area contributed by atoms with Crippen LogP contribution in [-0.2, 0) is 19.5 Å². The summed E-state index contributed by atoms with van der Waals surface area (Å²) in [5.74, 6) is 0.855. The number of rotatable bonds is 10. The molecule has 14 heteroatoms. The van der Waals surface area contributed by atoms with Crippen molar-refractivity contribution in [1.82, 2.24) is 19.5 Å². The van der Waals surface area contributed by atoms with E-state index in [1.165, 1.54) is 0 Å². The fraction of sp³-hybridized carbons (Fsp3) is 0.361. The van der Waals surface area contributed by atoms with E-state index in [-0.39, 0.29) is 16.1 Å². The lowest BCUT2D eigenvalue weighted by Crippen LogP contribution is -2.51. The van der Waals surface area contributed by atoms with E-state index in [0.29, 0.717) is 16.9 Å². The zero-order valence-electron chi connectivity index (χ0n) is 28.7. The van der Waals surface area contributed by atoms with Crippen LogP contribution in [0.25, 0.3) is 21.6 Å². The van der Waals surface area contributed by atoms with Gasteiger partial charge < -0.3 is 24.4 Å². The number of halogens is 1. The molecule has 1 saturated heterocycles. The summed E-state index contributed by atoms with van der Waals surface area (Å²) in [5, 5.41) is 4.30. The lowest BCUT2D eigenvalue weighted by molar-refractivity contribution is -0.105. The highest BCUT2D eigenvalue weighted by Crippen LogP contribution is 2.63. The molecule has 0 spiro atoms. The van der Waals surface area contributed by atoms with Gasteiger partial charge in [-0.15, -0.1) is 0 Å². The molecule has 1 saturated carbocycles. The topological polar surface area (TPSA) is 155 Å². The second kappa shape index (κ2) is 12.4. The van der Waals surface area contributed by atoms with Gasteiger partial charge in [-0.25, -0.2) is 4.98 Å². The normalized spacial score (nSPS) is 23.3. The third-order valence-electron chi connectivity index (χ3n) is 10.4. The van der Waals surface area contributed by atoms with Gasteiger partial charge in [0.2, 0.25) is 5.28 Å². The molecule has 3 aromatic carbocycles. The van der Waals surface area contributed by atoms with Crippen molar-refractivity contribution in [3.05, 3.63) is 124 Å². The number of nitrogens with zero attached hydrogens (tertiary/aromatic N) is 7. The largest absolute Gasteiger partial charge is 0.497 e. The van der Waals surface area contributed by atoms with Crippen molar-refractivity contribution in [1.29, 1.82) is 0 Å². The highest BCUT2D eigenvalue weighted by atomic mass is 35.5. The van der Waals surface area contributed by atoms with Crippen LogP contribution in [0.1, 0.15) is 43.7 Å². The number of nitrogens with two attached hydrogens (primary N) is 1. The van der Waals surface area contributed by atoms with Crippen LogP contribution in [0.2, 0.25) is 23.4 Å². The molecule has 50 heavy (non-hydrogen) atoms. The number of fused-ring (bicyclic) bond motifs is 2. The molecule has 3 heterocycles. The van der Waals surface area contributed by atoms with Gasteiger partial charge in [0.05, 0.1) is 13.4 Å². The maximum absolute atomic E-state index is 10.2. The molecule has 3 unspecified atom stereocenters. The number of benzene rings is 3. The van der Waals surface area contributed by atoms with Gasteiger partial charge in [0.1, 0.15) is 40.7 Å². The van der Waals surface area contributed by atoms with E-state index < -0.39 is 44.0 Å². The zero-order valence-corrected chi connectivity index (χ0v) is 30.4. The van der Waals surface area contributed by atoms with Gasteiger partial charge in [-0.1, -0.05) is 98.7 Å². The number of hydrogen-bond acceptors (Lipinski definition) is 9. The SMILES string of the molecule is COc1ccc(C(OC2[C@H]3O[C@@H](n4cnc5c(N)nc(Cl)nc54)C(O[Si](C)(C)C(C)(C)C)C23N=[N+]=[N-])(c2ccccc2)c2ccccc2)cc1. The van der Waals surface area contributed by atoms with Gasteiger partial charge in [0, 0.05) is 4.91 Å². The van der Waals surface area contributed by atoms with Crippen molar-refractivity contribution in [3.63, 3.8) is 0 Å². The Balaban J connectivity index is 1.40. The number of ether oxygens (including phenoxy) is 3. The molecule has 0 radical (unpaired) electrons. The van der Waals surface area contributed by atoms with Crippen molar-refractivity contribution in [2.24, 2.45) is 5.11 Å². The molecule has 5 atom stereocenters. The van der Waals surface area contributed by atoms with Gasteiger partial charge in [-0.05, 0) is 64.1 Å². The van der Waals surface area contributed by atoms with Crippen molar-refractivity contribution in [2.45, 2.75) is 74.6 Å². The molecule has 7 rings (SSSR count). The van der Waals surface area contributed by atoms with Crippen LogP contribution < -0.4 is 10.5 Å². The minimum absolute atomic E-state index is 0.0252. The molecule has 2 aromatic heterocycles. The van der Waals surface area contributed by atoms with Crippen LogP contribution in [0.15, 0.2) is 96.4 Å². The van der Waals surface area contributed by atoms with Crippen molar-refractivity contribution < 1.29 is 18.6 Å². The highest BCUT2D eigenvalue weighted by molar-refractivity contribution is 6.74. The van der Waals surface area contributed by atoms with E-state index in [1.807, 2.05) is 84.9 Å². The fourth-order valence-corrected chi connectivity index (χ4v) is 8.18. The molecular weight excluding hydrogens is 672 g/mol. The first kappa shape index (κ1) is 34.0. The van der Waals surface area contributed by atoms with Crippen LogP contribution in [0.5, 0.6) is 5.75 Å². The molecule has 1 aliphatic heterocycles. The molecule has 2 fully saturated rings. The lowest BCUT2D eigenvalue weighted by Gasteiger charge is -2.42. The first-order chi connectivity index (χ1) is 23.9. The standard InChI is InChI=1S/C36H39ClN8O4Si/c1-34(2,3)50(5,6)49-29-32(45-21-40-26-30(38)41-33(37)42-31(26)45)47-27-28(35(27,29)43-44-39)48-36(22-13-9-7-10-14-22,23-15-11-8-12-16-23)24-17-19-25(46-4)20-18-24/h7-21,27-29,32H,1-6H3,(H2,38,41,42)/t27-,28?,29?,32-,35?/m1/s1. The first-order valence-corrected chi connectivity index (χ1v) is 19.6. The number of methoxy groups -OCH3 is 1. The minimum atomic E-state index is -2.55. The number of azide groups is 1. The summed E-state index contributed by atoms with van der Waals surface area (Å²) in [6.45, 7) is 10.8. The maximum Gasteiger partial charge on any atom is 0.226 e. The maximum atomic E-state index is 10.2. The van der Waals surface area contributed by atoms with Crippen LogP contribution in [0.4, 0.5) is 5.82 Å². The van der Waals surface area contributed by atoms with E-state index in [2.05, 4.69) is 58.8 Å². The monoisotopic (exact) mass is 710 g/mol. The molecule has 2 N–H and O–H groups in total. The number of imidazole rings is 1. The second-order valence-electron chi connectivity index (χ2n) is 14.2. The Labute approximate surface area is 296 Å². The molecule has 258 valence electrons. The second-order valence-corrected chi connectivity index (χ2v) is 19.3. The van der Waals surface area contributed by atoms with Crippen molar-refractivity contribution in [2.75, 3.05) is 12.8 Å². The Hall–Kier alpha value is -4.49. The summed E-state index contributed by atoms with van der Waals surface area (Å²) < 4.78 is 28.8. The lowest BCUT2D eigenvalue weighted by atomic mass is 9.80. The highest BCUT2D eigenvalue weighted by Gasteiger charge is 2.80. The molecule has 0 amide bonds. The van der Waals surface area contributed by atoms with Gasteiger partial charge in [-0.2, -0.15) is 9.97 Å². The smallest absolute Gasteiger partial charge is 0.226 e. The van der Waals surface area contributed by atoms with E-state index in [4.69, 9.17) is 36.0 Å². The average Bonchev–Trinajstić information content (AvgIpc) is 3.32. The third-order valence-corrected chi connectivity index (χ3v) is 15.0. The molecule has 12 nitrogen and oxygen atoms in total. The van der Waals surface area contributed by atoms with Gasteiger partial charge in [0.15, 0.2) is 26.0 Å². The zero-order chi connectivity index (χ0) is 35.5. The predicted molar refractivity (Wildman–Crippen MR) is 193 cm³/mol. The van der Waals surface area contributed by atoms with Crippen LogP contribution >= 0.6 is 11.6 Å². The third kappa shape index (κ3) is 5.32. The predicted octanol–water partition coefficient (Wildman–Crippen LogP) is 7.80. The summed E-state index contributed by atoms with van der Waals surface area (Å²) in [5.41, 5.74) is 17.4. The summed E-state index contributed by atoms with van der Waals surface area (Å²) in [4.78, 5) is 16.4. The van der Waals surface area contributed by atoms with E-state index in [9.17, 15) is 5.53 Å². The molecule has 5 aromatic rings. The summed E-state index contributed by atoms with van der Waals surface area (Å²) in [6.07, 6.45) is -1.40. The molecule has 0 bridgehead atoms. The Morgan fingerprint density at radius 1 is 0.940 bits per heavy atom. The molecular formula is C36H39ClN8O4Si. The number of nitrogen functional groups attached to an aromatic ring is 1. The van der Waals surface area contributed by atoms with Crippen LogP contribution in [0.3, 0.4) is 0 Å². The van der Waals surface area contributed by atoms with E-state index in [0.717, 1.165) is 16.7 Å². The molecule has 1 aliphatic carbocycles. The quantitative estimate of drug-likeness (QED) is 0.0384. The van der Waals surface area contributed by atoms with E-state index >= 15 is 0 Å². The van der Waals surface area contributed by atoms with Crippen molar-refractivity contribution in [3.8, 4) is 5.75 Å². The Kier molecular flexibility index (Phi) is 8.41. The number of anilines is 1. The minimum Gasteiger partial charge on any atom is -0.497 e. The molecule has 2 aliphatic rings. The average molecular weight is 711 g/mol. The van der Waals surface area contributed by atoms with Crippen LogP contribution in [-0.4, -0.2) is 58.8 Å². The van der Waals surface area contributed by atoms with Crippen molar-refractivity contribution >= 4 is 36.9 Å². The first-order valence-electron chi connectivity index (χ1n) is 16.4. The summed E-state index contributed by atoms with van der Waals surface area (Å²) in [6, 6.07) is 27.8. The Bertz CT molecular complexity index is 2030. The number of aromatic nitrogens is 4.